The molecule has 3 N–H and O–H groups in total. The van der Waals surface area contributed by atoms with Gasteiger partial charge >= 0.3 is 18.0 Å². The van der Waals surface area contributed by atoms with Crippen molar-refractivity contribution in [2.24, 2.45) is 0 Å². The Morgan fingerprint density at radius 1 is 1.12 bits per heavy atom. The van der Waals surface area contributed by atoms with Gasteiger partial charge in [0.2, 0.25) is 0 Å². The second-order valence-electron chi connectivity index (χ2n) is 7.35. The molecule has 1 aliphatic rings. The zero-order valence-corrected chi connectivity index (χ0v) is 18.4. The lowest BCUT2D eigenvalue weighted by Crippen LogP contribution is -2.47. The van der Waals surface area contributed by atoms with Gasteiger partial charge in [0, 0.05) is 0 Å². The molecule has 0 aliphatic carbocycles. The van der Waals surface area contributed by atoms with Gasteiger partial charge in [0.15, 0.2) is 0 Å². The van der Waals surface area contributed by atoms with Crippen LogP contribution in [0.3, 0.4) is 0 Å². The molecule has 32 heavy (non-hydrogen) atoms. The van der Waals surface area contributed by atoms with Gasteiger partial charge in [-0.05, 0) is 30.5 Å². The van der Waals surface area contributed by atoms with Crippen molar-refractivity contribution in [3.63, 3.8) is 0 Å². The van der Waals surface area contributed by atoms with Crippen molar-refractivity contribution in [2.75, 3.05) is 20.3 Å². The highest BCUT2D eigenvalue weighted by Crippen LogP contribution is 2.29. The first-order valence-electron chi connectivity index (χ1n) is 10.2. The molecular weight excluding hydrogens is 416 g/mol. The van der Waals surface area contributed by atoms with Crippen LogP contribution in [0.1, 0.15) is 54.3 Å². The molecule has 2 amide bonds. The van der Waals surface area contributed by atoms with E-state index in [0.717, 1.165) is 0 Å². The Balaban J connectivity index is 1.92. The number of hydrogen-bond donors (Lipinski definition) is 3. The number of urea groups is 1. The predicted molar refractivity (Wildman–Crippen MR) is 114 cm³/mol. The molecule has 10 nitrogen and oxygen atoms in total. The standard InChI is InChI=1S/C22H26N4O6/c1-5-31-21(28)17-16(11-32-20(27)15-10-23-26-18(15)12(2)3)24-22(29)25-19(17)13-6-8-14(30-4)9-7-13/h6-10,12,19H,5,11H2,1-4H3,(H,23,26)(H2,24,25,29). The zero-order valence-electron chi connectivity index (χ0n) is 18.4. The van der Waals surface area contributed by atoms with E-state index in [-0.39, 0.29) is 30.4 Å². The molecular formula is C22H26N4O6. The average Bonchev–Trinajstić information content (AvgIpc) is 3.27. The summed E-state index contributed by atoms with van der Waals surface area (Å²) in [5, 5.41) is 12.0. The van der Waals surface area contributed by atoms with Gasteiger partial charge in [-0.2, -0.15) is 5.10 Å². The molecule has 0 saturated heterocycles. The number of H-pyrrole nitrogens is 1. The largest absolute Gasteiger partial charge is 0.497 e. The van der Waals surface area contributed by atoms with Gasteiger partial charge in [-0.1, -0.05) is 26.0 Å². The van der Waals surface area contributed by atoms with Gasteiger partial charge in [0.25, 0.3) is 0 Å². The third kappa shape index (κ3) is 4.90. The summed E-state index contributed by atoms with van der Waals surface area (Å²) < 4.78 is 15.8. The number of carbonyl (C=O) groups excluding carboxylic acids is 3. The number of amides is 2. The maximum Gasteiger partial charge on any atom is 0.342 e. The van der Waals surface area contributed by atoms with Crippen LogP contribution in [0.5, 0.6) is 5.75 Å². The van der Waals surface area contributed by atoms with Crippen LogP contribution in [0.25, 0.3) is 0 Å². The Labute approximate surface area is 185 Å². The number of nitrogens with zero attached hydrogens (tertiary/aromatic N) is 1. The topological polar surface area (TPSA) is 132 Å². The number of hydrogen-bond acceptors (Lipinski definition) is 7. The molecule has 1 aromatic heterocycles. The SMILES string of the molecule is CCOC(=O)C1=C(COC(=O)c2cn[nH]c2C(C)C)NC(=O)NC1c1ccc(OC)cc1. The molecule has 1 atom stereocenters. The van der Waals surface area contributed by atoms with E-state index in [9.17, 15) is 14.4 Å². The van der Waals surface area contributed by atoms with Crippen molar-refractivity contribution in [3.8, 4) is 5.75 Å². The number of nitrogens with one attached hydrogen (secondary N) is 3. The Kier molecular flexibility index (Phi) is 7.14. The summed E-state index contributed by atoms with van der Waals surface area (Å²) in [6.45, 7) is 5.33. The monoisotopic (exact) mass is 442 g/mol. The Morgan fingerprint density at radius 2 is 1.84 bits per heavy atom. The summed E-state index contributed by atoms with van der Waals surface area (Å²) in [6.07, 6.45) is 1.39. The van der Waals surface area contributed by atoms with Crippen molar-refractivity contribution >= 4 is 18.0 Å². The molecule has 0 fully saturated rings. The minimum Gasteiger partial charge on any atom is -0.497 e. The van der Waals surface area contributed by atoms with Crippen LogP contribution in [0, 0.1) is 0 Å². The van der Waals surface area contributed by atoms with Crippen LogP contribution in [0.15, 0.2) is 41.7 Å². The second kappa shape index (κ2) is 9.99. The van der Waals surface area contributed by atoms with Gasteiger partial charge in [0.05, 0.1) is 42.9 Å². The third-order valence-corrected chi connectivity index (χ3v) is 4.91. The number of rotatable bonds is 8. The fourth-order valence-electron chi connectivity index (χ4n) is 3.34. The van der Waals surface area contributed by atoms with Crippen molar-refractivity contribution in [1.29, 1.82) is 0 Å². The Morgan fingerprint density at radius 3 is 2.47 bits per heavy atom. The normalized spacial score (nSPS) is 15.8. The quantitative estimate of drug-likeness (QED) is 0.535. The fourth-order valence-corrected chi connectivity index (χ4v) is 3.34. The van der Waals surface area contributed by atoms with Crippen LogP contribution >= 0.6 is 0 Å². The minimum atomic E-state index is -0.789. The molecule has 0 spiro atoms. The predicted octanol–water partition coefficient (Wildman–Crippen LogP) is 2.57. The van der Waals surface area contributed by atoms with E-state index in [1.807, 2.05) is 13.8 Å². The lowest BCUT2D eigenvalue weighted by molar-refractivity contribution is -0.139. The highest BCUT2D eigenvalue weighted by atomic mass is 16.5. The molecule has 1 aromatic carbocycles. The lowest BCUT2D eigenvalue weighted by atomic mass is 9.95. The first-order valence-corrected chi connectivity index (χ1v) is 10.2. The highest BCUT2D eigenvalue weighted by molar-refractivity contribution is 5.95. The number of carbonyl (C=O) groups is 3. The van der Waals surface area contributed by atoms with Crippen LogP contribution in [0.2, 0.25) is 0 Å². The number of benzene rings is 1. The van der Waals surface area contributed by atoms with Gasteiger partial charge in [0.1, 0.15) is 17.9 Å². The second-order valence-corrected chi connectivity index (χ2v) is 7.35. The van der Waals surface area contributed by atoms with Crippen LogP contribution in [-0.2, 0) is 14.3 Å². The van der Waals surface area contributed by atoms with Crippen LogP contribution in [-0.4, -0.2) is 48.5 Å². The molecule has 3 rings (SSSR count). The third-order valence-electron chi connectivity index (χ3n) is 4.91. The van der Waals surface area contributed by atoms with E-state index in [1.165, 1.54) is 6.20 Å². The van der Waals surface area contributed by atoms with Crippen molar-refractivity contribution < 1.29 is 28.6 Å². The van der Waals surface area contributed by atoms with E-state index in [2.05, 4.69) is 20.8 Å². The first-order chi connectivity index (χ1) is 15.3. The summed E-state index contributed by atoms with van der Waals surface area (Å²) in [7, 11) is 1.54. The summed E-state index contributed by atoms with van der Waals surface area (Å²) in [4.78, 5) is 37.7. The van der Waals surface area contributed by atoms with E-state index in [4.69, 9.17) is 14.2 Å². The minimum absolute atomic E-state index is 0.0346. The van der Waals surface area contributed by atoms with Crippen LogP contribution < -0.4 is 15.4 Å². The lowest BCUT2D eigenvalue weighted by Gasteiger charge is -2.29. The molecule has 1 aliphatic heterocycles. The molecule has 0 saturated carbocycles. The summed E-state index contributed by atoms with van der Waals surface area (Å²) in [6, 6.07) is 5.59. The molecule has 10 heteroatoms. The summed E-state index contributed by atoms with van der Waals surface area (Å²) in [5.74, 6) is -0.580. The highest BCUT2D eigenvalue weighted by Gasteiger charge is 2.34. The average molecular weight is 442 g/mol. The first kappa shape index (κ1) is 22.9. The molecule has 0 radical (unpaired) electrons. The van der Waals surface area contributed by atoms with Gasteiger partial charge in [-0.25, -0.2) is 14.4 Å². The van der Waals surface area contributed by atoms with E-state index >= 15 is 0 Å². The maximum absolute atomic E-state index is 12.8. The van der Waals surface area contributed by atoms with Gasteiger partial charge in [-0.3, -0.25) is 5.10 Å². The Hall–Kier alpha value is -3.82. The molecule has 2 heterocycles. The molecule has 170 valence electrons. The smallest absolute Gasteiger partial charge is 0.342 e. The van der Waals surface area contributed by atoms with Crippen molar-refractivity contribution in [2.45, 2.75) is 32.7 Å². The van der Waals surface area contributed by atoms with Crippen molar-refractivity contribution in [3.05, 3.63) is 58.6 Å². The van der Waals surface area contributed by atoms with Gasteiger partial charge in [-0.15, -0.1) is 0 Å². The number of methoxy groups -OCH3 is 1. The number of esters is 2. The molecule has 2 aromatic rings. The van der Waals surface area contributed by atoms with Gasteiger partial charge < -0.3 is 24.8 Å². The van der Waals surface area contributed by atoms with E-state index in [0.29, 0.717) is 22.6 Å². The maximum atomic E-state index is 12.8. The summed E-state index contributed by atoms with van der Waals surface area (Å²) in [5.41, 5.74) is 1.88. The molecule has 1 unspecified atom stereocenters. The number of ether oxygens (including phenoxy) is 3. The summed E-state index contributed by atoms with van der Waals surface area (Å²) >= 11 is 0. The van der Waals surface area contributed by atoms with E-state index < -0.39 is 24.0 Å². The Bertz CT molecular complexity index is 1030. The van der Waals surface area contributed by atoms with E-state index in [1.54, 1.807) is 38.3 Å². The van der Waals surface area contributed by atoms with Crippen LogP contribution in [0.4, 0.5) is 4.79 Å². The number of aromatic amines is 1. The van der Waals surface area contributed by atoms with Crippen molar-refractivity contribution in [1.82, 2.24) is 20.8 Å². The fraction of sp³-hybridized carbons (Fsp3) is 0.364. The molecule has 0 bridgehead atoms. The number of aromatic nitrogens is 2. The zero-order chi connectivity index (χ0) is 23.3.